The SMILES string of the molecule is CN=C(NCCCN1CCC(C)CC1)NC(C)Cc1c(C)nn(C)c1C.I. The fraction of sp³-hybridized carbons (Fsp3) is 0.800. The van der Waals surface area contributed by atoms with E-state index in [1.165, 1.54) is 43.7 Å². The number of rotatable bonds is 7. The molecule has 0 amide bonds. The maximum atomic E-state index is 4.51. The van der Waals surface area contributed by atoms with E-state index in [0.717, 1.165) is 37.0 Å². The van der Waals surface area contributed by atoms with Crippen LogP contribution >= 0.6 is 24.0 Å². The summed E-state index contributed by atoms with van der Waals surface area (Å²) in [5.74, 6) is 1.80. The van der Waals surface area contributed by atoms with Crippen LogP contribution in [-0.4, -0.2) is 59.9 Å². The fourth-order valence-electron chi connectivity index (χ4n) is 3.69. The highest BCUT2D eigenvalue weighted by Crippen LogP contribution is 2.16. The summed E-state index contributed by atoms with van der Waals surface area (Å²) in [5, 5.41) is 11.5. The van der Waals surface area contributed by atoms with Gasteiger partial charge in [-0.2, -0.15) is 5.10 Å². The Morgan fingerprint density at radius 3 is 2.52 bits per heavy atom. The molecule has 7 heteroatoms. The molecule has 1 saturated heterocycles. The lowest BCUT2D eigenvalue weighted by Crippen LogP contribution is -2.44. The number of halogens is 1. The molecule has 0 saturated carbocycles. The van der Waals surface area contributed by atoms with Crippen LogP contribution in [0.4, 0.5) is 0 Å². The zero-order valence-electron chi connectivity index (χ0n) is 18.0. The molecule has 1 fully saturated rings. The number of piperidine rings is 1. The van der Waals surface area contributed by atoms with Gasteiger partial charge in [-0.25, -0.2) is 0 Å². The number of guanidine groups is 1. The minimum absolute atomic E-state index is 0. The second kappa shape index (κ2) is 11.9. The summed E-state index contributed by atoms with van der Waals surface area (Å²) >= 11 is 0. The number of aryl methyl sites for hydroxylation is 2. The maximum Gasteiger partial charge on any atom is 0.191 e. The molecule has 1 aliphatic rings. The largest absolute Gasteiger partial charge is 0.356 e. The topological polar surface area (TPSA) is 57.5 Å². The Morgan fingerprint density at radius 2 is 1.96 bits per heavy atom. The van der Waals surface area contributed by atoms with Crippen LogP contribution in [0.25, 0.3) is 0 Å². The maximum absolute atomic E-state index is 4.51. The second-order valence-corrected chi connectivity index (χ2v) is 7.90. The molecule has 156 valence electrons. The molecule has 6 nitrogen and oxygen atoms in total. The van der Waals surface area contributed by atoms with Gasteiger partial charge in [0.05, 0.1) is 5.69 Å². The Labute approximate surface area is 182 Å². The molecule has 2 rings (SSSR count). The summed E-state index contributed by atoms with van der Waals surface area (Å²) in [4.78, 5) is 6.97. The van der Waals surface area contributed by atoms with E-state index in [9.17, 15) is 0 Å². The van der Waals surface area contributed by atoms with Crippen molar-refractivity contribution in [3.05, 3.63) is 17.0 Å². The summed E-state index contributed by atoms with van der Waals surface area (Å²) < 4.78 is 1.96. The third-order valence-electron chi connectivity index (χ3n) is 5.60. The molecule has 1 aromatic rings. The molecule has 0 spiro atoms. The minimum atomic E-state index is 0. The Balaban J connectivity index is 0.00000364. The average molecular weight is 490 g/mol. The van der Waals surface area contributed by atoms with E-state index < -0.39 is 0 Å². The lowest BCUT2D eigenvalue weighted by atomic mass is 9.99. The lowest BCUT2D eigenvalue weighted by Gasteiger charge is -2.30. The number of aliphatic imine (C=N–C) groups is 1. The average Bonchev–Trinajstić information content (AvgIpc) is 2.85. The molecule has 0 aromatic carbocycles. The van der Waals surface area contributed by atoms with Gasteiger partial charge < -0.3 is 15.5 Å². The van der Waals surface area contributed by atoms with E-state index in [1.807, 2.05) is 18.8 Å². The number of likely N-dealkylation sites (tertiary alicyclic amines) is 1. The zero-order chi connectivity index (χ0) is 19.1. The molecule has 1 aromatic heterocycles. The predicted octanol–water partition coefficient (Wildman–Crippen LogP) is 2.87. The first-order valence-corrected chi connectivity index (χ1v) is 10.1. The molecule has 2 N–H and O–H groups in total. The molecule has 1 aliphatic heterocycles. The number of hydrogen-bond donors (Lipinski definition) is 2. The van der Waals surface area contributed by atoms with Crippen molar-refractivity contribution < 1.29 is 0 Å². The summed E-state index contributed by atoms with van der Waals surface area (Å²) in [6, 6.07) is 0.311. The molecule has 27 heavy (non-hydrogen) atoms. The number of hydrogen-bond acceptors (Lipinski definition) is 3. The Hall–Kier alpha value is -0.830. The summed E-state index contributed by atoms with van der Waals surface area (Å²) in [6.45, 7) is 13.4. The summed E-state index contributed by atoms with van der Waals surface area (Å²) in [6.07, 6.45) is 4.81. The van der Waals surface area contributed by atoms with Crippen LogP contribution in [0.1, 0.15) is 50.1 Å². The van der Waals surface area contributed by atoms with Crippen molar-refractivity contribution in [2.24, 2.45) is 18.0 Å². The monoisotopic (exact) mass is 490 g/mol. The Bertz CT molecular complexity index is 590. The fourth-order valence-corrected chi connectivity index (χ4v) is 3.69. The third-order valence-corrected chi connectivity index (χ3v) is 5.60. The van der Waals surface area contributed by atoms with Crippen molar-refractivity contribution in [2.75, 3.05) is 33.2 Å². The Morgan fingerprint density at radius 1 is 1.30 bits per heavy atom. The van der Waals surface area contributed by atoms with E-state index in [4.69, 9.17) is 0 Å². The van der Waals surface area contributed by atoms with Crippen molar-refractivity contribution in [3.63, 3.8) is 0 Å². The third kappa shape index (κ3) is 7.60. The van der Waals surface area contributed by atoms with Gasteiger partial charge >= 0.3 is 0 Å². The van der Waals surface area contributed by atoms with Crippen molar-refractivity contribution >= 4 is 29.9 Å². The van der Waals surface area contributed by atoms with Gasteiger partial charge in [-0.15, -0.1) is 24.0 Å². The number of nitrogens with zero attached hydrogens (tertiary/aromatic N) is 4. The van der Waals surface area contributed by atoms with E-state index in [2.05, 4.69) is 53.3 Å². The number of aromatic nitrogens is 2. The standard InChI is InChI=1S/C20H38N6.HI/c1-15-8-12-26(13-9-15)11-7-10-22-20(21-5)23-16(2)14-19-17(3)24-25(6)18(19)4;/h15-16H,7-14H2,1-6H3,(H2,21,22,23);1H. The summed E-state index contributed by atoms with van der Waals surface area (Å²) in [5.41, 5.74) is 3.70. The van der Waals surface area contributed by atoms with Gasteiger partial charge in [-0.3, -0.25) is 9.67 Å². The zero-order valence-corrected chi connectivity index (χ0v) is 20.3. The Kier molecular flexibility index (Phi) is 10.7. The van der Waals surface area contributed by atoms with Crippen molar-refractivity contribution in [3.8, 4) is 0 Å². The smallest absolute Gasteiger partial charge is 0.191 e. The van der Waals surface area contributed by atoms with Crippen LogP contribution in [0.3, 0.4) is 0 Å². The molecule has 2 heterocycles. The molecule has 1 atom stereocenters. The number of nitrogens with one attached hydrogen (secondary N) is 2. The molecule has 0 aliphatic carbocycles. The van der Waals surface area contributed by atoms with Crippen molar-refractivity contribution in [2.45, 2.75) is 59.4 Å². The molecule has 0 bridgehead atoms. The van der Waals surface area contributed by atoms with Gasteiger partial charge in [0.2, 0.25) is 0 Å². The molecule has 1 unspecified atom stereocenters. The second-order valence-electron chi connectivity index (χ2n) is 7.90. The predicted molar refractivity (Wildman–Crippen MR) is 125 cm³/mol. The van der Waals surface area contributed by atoms with E-state index >= 15 is 0 Å². The van der Waals surface area contributed by atoms with Crippen LogP contribution in [0.5, 0.6) is 0 Å². The van der Waals surface area contributed by atoms with Crippen LogP contribution in [0.2, 0.25) is 0 Å². The van der Waals surface area contributed by atoms with E-state index in [1.54, 1.807) is 0 Å². The van der Waals surface area contributed by atoms with Crippen molar-refractivity contribution in [1.29, 1.82) is 0 Å². The van der Waals surface area contributed by atoms with Crippen LogP contribution in [0, 0.1) is 19.8 Å². The van der Waals surface area contributed by atoms with Gasteiger partial charge in [0.25, 0.3) is 0 Å². The quantitative estimate of drug-likeness (QED) is 0.267. The van der Waals surface area contributed by atoms with Crippen molar-refractivity contribution in [1.82, 2.24) is 25.3 Å². The van der Waals surface area contributed by atoms with Gasteiger partial charge in [-0.1, -0.05) is 6.92 Å². The summed E-state index contributed by atoms with van der Waals surface area (Å²) in [7, 11) is 3.85. The van der Waals surface area contributed by atoms with Gasteiger partial charge in [0.1, 0.15) is 0 Å². The van der Waals surface area contributed by atoms with Gasteiger partial charge in [-0.05, 0) is 77.6 Å². The highest BCUT2D eigenvalue weighted by molar-refractivity contribution is 14.0. The van der Waals surface area contributed by atoms with E-state index in [-0.39, 0.29) is 24.0 Å². The van der Waals surface area contributed by atoms with Gasteiger partial charge in [0.15, 0.2) is 5.96 Å². The first-order chi connectivity index (χ1) is 12.4. The van der Waals surface area contributed by atoms with Crippen LogP contribution < -0.4 is 10.6 Å². The highest BCUT2D eigenvalue weighted by atomic mass is 127. The van der Waals surface area contributed by atoms with Crippen LogP contribution in [-0.2, 0) is 13.5 Å². The van der Waals surface area contributed by atoms with Gasteiger partial charge in [0, 0.05) is 32.4 Å². The molecular formula is C20H39IN6. The molecule has 0 radical (unpaired) electrons. The van der Waals surface area contributed by atoms with Crippen LogP contribution in [0.15, 0.2) is 4.99 Å². The first kappa shape index (κ1) is 24.2. The minimum Gasteiger partial charge on any atom is -0.356 e. The van der Waals surface area contributed by atoms with E-state index in [0.29, 0.717) is 6.04 Å². The highest BCUT2D eigenvalue weighted by Gasteiger charge is 2.16. The normalized spacial score (nSPS) is 17.5. The molecular weight excluding hydrogens is 451 g/mol. The lowest BCUT2D eigenvalue weighted by molar-refractivity contribution is 0.191. The first-order valence-electron chi connectivity index (χ1n) is 10.1.